The first-order chi connectivity index (χ1) is 10.7. The lowest BCUT2D eigenvalue weighted by atomic mass is 10.1. The average Bonchev–Trinajstić information content (AvgIpc) is 3.17. The van der Waals surface area contributed by atoms with Gasteiger partial charge in [0.1, 0.15) is 16.5 Å². The Morgan fingerprint density at radius 1 is 1.50 bits per heavy atom. The molecule has 1 aromatic heterocycles. The van der Waals surface area contributed by atoms with Crippen LogP contribution in [0.5, 0.6) is 0 Å². The monoisotopic (exact) mass is 319 g/mol. The fraction of sp³-hybridized carbons (Fsp3) is 0.375. The fourth-order valence-electron chi connectivity index (χ4n) is 2.76. The van der Waals surface area contributed by atoms with Crippen molar-refractivity contribution in [2.24, 2.45) is 5.92 Å². The number of likely N-dealkylation sites (tertiary alicyclic amines) is 1. The van der Waals surface area contributed by atoms with E-state index in [9.17, 15) is 9.18 Å². The molecule has 1 atom stereocenters. The van der Waals surface area contributed by atoms with E-state index in [2.05, 4.69) is 10.3 Å². The summed E-state index contributed by atoms with van der Waals surface area (Å²) < 4.78 is 13.8. The van der Waals surface area contributed by atoms with Crippen LogP contribution in [0.2, 0.25) is 0 Å². The van der Waals surface area contributed by atoms with E-state index in [1.807, 2.05) is 11.9 Å². The maximum absolute atomic E-state index is 13.8. The van der Waals surface area contributed by atoms with Crippen LogP contribution in [0.25, 0.3) is 10.6 Å². The van der Waals surface area contributed by atoms with Gasteiger partial charge in [0.05, 0.1) is 0 Å². The number of nitrogens with zero attached hydrogens (tertiary/aromatic N) is 2. The van der Waals surface area contributed by atoms with Gasteiger partial charge in [-0.2, -0.15) is 0 Å². The molecule has 2 aromatic rings. The molecule has 22 heavy (non-hydrogen) atoms. The summed E-state index contributed by atoms with van der Waals surface area (Å²) in [5.74, 6) is 0.127. The van der Waals surface area contributed by atoms with Gasteiger partial charge < -0.3 is 10.2 Å². The number of thiazole rings is 1. The highest BCUT2D eigenvalue weighted by molar-refractivity contribution is 7.13. The van der Waals surface area contributed by atoms with Crippen molar-refractivity contribution >= 4 is 17.2 Å². The van der Waals surface area contributed by atoms with E-state index in [1.54, 1.807) is 23.6 Å². The zero-order valence-corrected chi connectivity index (χ0v) is 13.2. The highest BCUT2D eigenvalue weighted by atomic mass is 32.1. The lowest BCUT2D eigenvalue weighted by Crippen LogP contribution is -2.30. The molecule has 1 aliphatic heterocycles. The Morgan fingerprint density at radius 2 is 2.32 bits per heavy atom. The van der Waals surface area contributed by atoms with Crippen LogP contribution in [0.3, 0.4) is 0 Å². The van der Waals surface area contributed by atoms with Crippen molar-refractivity contribution in [2.45, 2.75) is 6.42 Å². The van der Waals surface area contributed by atoms with Gasteiger partial charge in [-0.1, -0.05) is 12.1 Å². The summed E-state index contributed by atoms with van der Waals surface area (Å²) in [5.41, 5.74) is 0.856. The molecule has 2 heterocycles. The van der Waals surface area contributed by atoms with Gasteiger partial charge in [-0.25, -0.2) is 9.37 Å². The number of carbonyl (C=O) groups excluding carboxylic acids is 1. The lowest BCUT2D eigenvalue weighted by molar-refractivity contribution is 0.0782. The number of hydrogen-bond acceptors (Lipinski definition) is 4. The third-order valence-electron chi connectivity index (χ3n) is 3.89. The van der Waals surface area contributed by atoms with Gasteiger partial charge in [0, 0.05) is 24.0 Å². The van der Waals surface area contributed by atoms with Crippen molar-refractivity contribution < 1.29 is 9.18 Å². The first kappa shape index (κ1) is 15.1. The Kier molecular flexibility index (Phi) is 4.49. The lowest BCUT2D eigenvalue weighted by Gasteiger charge is -2.15. The summed E-state index contributed by atoms with van der Waals surface area (Å²) in [5, 5.41) is 5.41. The summed E-state index contributed by atoms with van der Waals surface area (Å²) in [6.45, 7) is 2.44. The minimum atomic E-state index is -0.314. The van der Waals surface area contributed by atoms with Crippen molar-refractivity contribution in [1.82, 2.24) is 15.2 Å². The van der Waals surface area contributed by atoms with Crippen molar-refractivity contribution in [1.29, 1.82) is 0 Å². The zero-order valence-electron chi connectivity index (χ0n) is 12.4. The largest absolute Gasteiger partial charge is 0.337 e. The van der Waals surface area contributed by atoms with E-state index in [1.165, 1.54) is 17.4 Å². The highest BCUT2D eigenvalue weighted by Crippen LogP contribution is 2.27. The summed E-state index contributed by atoms with van der Waals surface area (Å²) in [6.07, 6.45) is 1.01. The minimum Gasteiger partial charge on any atom is -0.337 e. The van der Waals surface area contributed by atoms with Crippen LogP contribution >= 0.6 is 11.3 Å². The predicted octanol–water partition coefficient (Wildman–Crippen LogP) is 2.63. The van der Waals surface area contributed by atoms with Crippen molar-refractivity contribution in [3.63, 3.8) is 0 Å². The van der Waals surface area contributed by atoms with Crippen LogP contribution in [0.15, 0.2) is 29.6 Å². The molecule has 0 unspecified atom stereocenters. The van der Waals surface area contributed by atoms with Crippen molar-refractivity contribution in [3.05, 3.63) is 41.2 Å². The topological polar surface area (TPSA) is 45.2 Å². The number of benzene rings is 1. The van der Waals surface area contributed by atoms with Gasteiger partial charge >= 0.3 is 0 Å². The molecule has 6 heteroatoms. The Labute approximate surface area is 133 Å². The van der Waals surface area contributed by atoms with E-state index in [0.29, 0.717) is 22.2 Å². The van der Waals surface area contributed by atoms with Crippen LogP contribution in [0, 0.1) is 11.7 Å². The molecule has 0 radical (unpaired) electrons. The Morgan fingerprint density at radius 3 is 3.09 bits per heavy atom. The molecule has 116 valence electrons. The fourth-order valence-corrected chi connectivity index (χ4v) is 3.59. The van der Waals surface area contributed by atoms with Crippen LogP contribution in [0.1, 0.15) is 16.9 Å². The summed E-state index contributed by atoms with van der Waals surface area (Å²) in [7, 11) is 1.92. The third kappa shape index (κ3) is 3.03. The van der Waals surface area contributed by atoms with Crippen molar-refractivity contribution in [2.75, 3.05) is 26.7 Å². The highest BCUT2D eigenvalue weighted by Gasteiger charge is 2.27. The number of aromatic nitrogens is 1. The van der Waals surface area contributed by atoms with Gasteiger partial charge in [0.25, 0.3) is 5.91 Å². The van der Waals surface area contributed by atoms with E-state index in [0.717, 1.165) is 26.1 Å². The van der Waals surface area contributed by atoms with E-state index in [-0.39, 0.29) is 11.7 Å². The maximum atomic E-state index is 13.8. The van der Waals surface area contributed by atoms with Crippen molar-refractivity contribution in [3.8, 4) is 10.6 Å². The Balaban J connectivity index is 1.74. The molecule has 0 bridgehead atoms. The van der Waals surface area contributed by atoms with Crippen LogP contribution in [-0.2, 0) is 0 Å². The molecule has 1 aromatic carbocycles. The molecule has 0 spiro atoms. The average molecular weight is 319 g/mol. The van der Waals surface area contributed by atoms with Gasteiger partial charge in [-0.3, -0.25) is 4.79 Å². The van der Waals surface area contributed by atoms with E-state index >= 15 is 0 Å². The standard InChI is InChI=1S/C16H18FN3OS/c1-18-8-11-6-7-20(9-11)16(21)14-10-22-15(19-14)12-4-2-3-5-13(12)17/h2-5,10-11,18H,6-9H2,1H3/t11-/m0/s1. The molecular weight excluding hydrogens is 301 g/mol. The molecule has 0 saturated carbocycles. The summed E-state index contributed by atoms with van der Waals surface area (Å²) in [6, 6.07) is 6.50. The molecule has 1 aliphatic rings. The van der Waals surface area contributed by atoms with Gasteiger partial charge in [-0.15, -0.1) is 11.3 Å². The smallest absolute Gasteiger partial charge is 0.273 e. The van der Waals surface area contributed by atoms with Crippen LogP contribution < -0.4 is 5.32 Å². The molecule has 4 nitrogen and oxygen atoms in total. The molecule has 3 rings (SSSR count). The van der Waals surface area contributed by atoms with Gasteiger partial charge in [0.2, 0.25) is 0 Å². The molecule has 1 saturated heterocycles. The number of amides is 1. The molecule has 0 aliphatic carbocycles. The van der Waals surface area contributed by atoms with Gasteiger partial charge in [0.15, 0.2) is 0 Å². The second kappa shape index (κ2) is 6.54. The second-order valence-electron chi connectivity index (χ2n) is 5.48. The maximum Gasteiger partial charge on any atom is 0.273 e. The zero-order chi connectivity index (χ0) is 15.5. The Hall–Kier alpha value is -1.79. The summed E-state index contributed by atoms with van der Waals surface area (Å²) in [4.78, 5) is 18.6. The molecule has 1 fully saturated rings. The number of carbonyl (C=O) groups is 1. The SMILES string of the molecule is CNC[C@@H]1CCN(C(=O)c2csc(-c3ccccc3F)n2)C1. The normalized spacial score (nSPS) is 17.9. The van der Waals surface area contributed by atoms with E-state index < -0.39 is 0 Å². The number of rotatable bonds is 4. The minimum absolute atomic E-state index is 0.0579. The number of halogens is 1. The quantitative estimate of drug-likeness (QED) is 0.942. The van der Waals surface area contributed by atoms with Crippen LogP contribution in [-0.4, -0.2) is 42.5 Å². The number of hydrogen-bond donors (Lipinski definition) is 1. The first-order valence-corrected chi connectivity index (χ1v) is 8.21. The molecule has 1 amide bonds. The van der Waals surface area contributed by atoms with Crippen LogP contribution in [0.4, 0.5) is 4.39 Å². The molecule has 1 N–H and O–H groups in total. The summed E-state index contributed by atoms with van der Waals surface area (Å²) >= 11 is 1.30. The first-order valence-electron chi connectivity index (χ1n) is 7.33. The number of nitrogens with one attached hydrogen (secondary N) is 1. The molecular formula is C16H18FN3OS. The van der Waals surface area contributed by atoms with E-state index in [4.69, 9.17) is 0 Å². The third-order valence-corrected chi connectivity index (χ3v) is 4.77. The Bertz CT molecular complexity index is 673. The van der Waals surface area contributed by atoms with Gasteiger partial charge in [-0.05, 0) is 38.1 Å². The predicted molar refractivity (Wildman–Crippen MR) is 85.4 cm³/mol. The second-order valence-corrected chi connectivity index (χ2v) is 6.34.